The van der Waals surface area contributed by atoms with Crippen molar-refractivity contribution in [3.05, 3.63) is 75.3 Å². The molecule has 3 aromatic carbocycles. The first-order valence-electron chi connectivity index (χ1n) is 14.9. The number of halogens is 1. The largest absolute Gasteiger partial charge is 0.507 e. The lowest BCUT2D eigenvalue weighted by Gasteiger charge is -2.29. The van der Waals surface area contributed by atoms with E-state index in [1.807, 2.05) is 29.2 Å². The van der Waals surface area contributed by atoms with Crippen molar-refractivity contribution in [2.24, 2.45) is 0 Å². The zero-order valence-electron chi connectivity index (χ0n) is 25.2. The molecule has 0 radical (unpaired) electrons. The maximum Gasteiger partial charge on any atom is 0.319 e. The van der Waals surface area contributed by atoms with E-state index in [4.69, 9.17) is 25.8 Å². The highest BCUT2D eigenvalue weighted by Gasteiger charge is 2.26. The molecule has 5 rings (SSSR count). The Bertz CT molecular complexity index is 1460. The number of rotatable bonds is 11. The van der Waals surface area contributed by atoms with Crippen LogP contribution in [0.5, 0.6) is 17.2 Å². The fourth-order valence-corrected chi connectivity index (χ4v) is 6.36. The van der Waals surface area contributed by atoms with Crippen molar-refractivity contribution in [2.75, 3.05) is 46.4 Å². The number of hydrogen-bond donors (Lipinski definition) is 2. The second-order valence-corrected chi connectivity index (χ2v) is 11.8. The second kappa shape index (κ2) is 14.0. The molecule has 0 spiro atoms. The topological polar surface area (TPSA) is 91.7 Å². The van der Waals surface area contributed by atoms with Crippen molar-refractivity contribution in [2.45, 2.75) is 52.4 Å². The van der Waals surface area contributed by atoms with E-state index in [2.05, 4.69) is 30.9 Å². The van der Waals surface area contributed by atoms with E-state index in [0.717, 1.165) is 77.2 Å². The smallest absolute Gasteiger partial charge is 0.319 e. The number of fused-ring (bicyclic) bond motifs is 1. The lowest BCUT2D eigenvalue weighted by Crippen LogP contribution is -2.35. The Morgan fingerprint density at radius 1 is 1.00 bits per heavy atom. The Kier molecular flexibility index (Phi) is 10.1. The van der Waals surface area contributed by atoms with Crippen molar-refractivity contribution in [3.63, 3.8) is 0 Å². The first-order chi connectivity index (χ1) is 20.7. The minimum atomic E-state index is -0.309. The van der Waals surface area contributed by atoms with Crippen LogP contribution in [0.2, 0.25) is 5.02 Å². The van der Waals surface area contributed by atoms with Crippen LogP contribution in [0.15, 0.2) is 42.5 Å². The SMILES string of the molecule is COC(=O)CN1CCc2c(Cl)c(OCc3cccc(-c4cccc(OCCCN5CCC(O)C5)c4C)c3C)cc(O)c2C1. The number of phenolic OH excluding ortho intramolecular Hbond substituents is 1. The zero-order valence-corrected chi connectivity index (χ0v) is 26.0. The van der Waals surface area contributed by atoms with Gasteiger partial charge in [0.1, 0.15) is 23.9 Å². The van der Waals surface area contributed by atoms with Crippen LogP contribution >= 0.6 is 11.6 Å². The number of benzene rings is 3. The summed E-state index contributed by atoms with van der Waals surface area (Å²) in [7, 11) is 1.37. The van der Waals surface area contributed by atoms with E-state index in [0.29, 0.717) is 43.5 Å². The Balaban J connectivity index is 1.25. The molecule has 3 aromatic rings. The fraction of sp³-hybridized carbons (Fsp3) is 0.441. The van der Waals surface area contributed by atoms with Gasteiger partial charge in [0.2, 0.25) is 0 Å². The number of esters is 1. The minimum absolute atomic E-state index is 0.111. The van der Waals surface area contributed by atoms with Crippen molar-refractivity contribution >= 4 is 17.6 Å². The van der Waals surface area contributed by atoms with Gasteiger partial charge in [-0.3, -0.25) is 9.69 Å². The molecule has 1 saturated heterocycles. The molecule has 0 amide bonds. The molecule has 0 saturated carbocycles. The van der Waals surface area contributed by atoms with E-state index in [1.54, 1.807) is 6.07 Å². The van der Waals surface area contributed by atoms with Gasteiger partial charge in [-0.25, -0.2) is 0 Å². The van der Waals surface area contributed by atoms with E-state index in [-0.39, 0.29) is 24.4 Å². The molecule has 2 aliphatic rings. The van der Waals surface area contributed by atoms with Gasteiger partial charge in [0.15, 0.2) is 0 Å². The summed E-state index contributed by atoms with van der Waals surface area (Å²) in [5.41, 5.74) is 7.01. The highest BCUT2D eigenvalue weighted by molar-refractivity contribution is 6.33. The number of aliphatic hydroxyl groups excluding tert-OH is 1. The third-order valence-corrected chi connectivity index (χ3v) is 9.00. The highest BCUT2D eigenvalue weighted by Crippen LogP contribution is 2.40. The molecule has 2 aliphatic heterocycles. The van der Waals surface area contributed by atoms with Gasteiger partial charge in [-0.05, 0) is 72.6 Å². The van der Waals surface area contributed by atoms with Crippen LogP contribution in [0, 0.1) is 13.8 Å². The highest BCUT2D eigenvalue weighted by atomic mass is 35.5. The number of β-amino-alcohol motifs (C(OH)–C–C–N with tert-alkyl or cyclic N) is 1. The van der Waals surface area contributed by atoms with E-state index < -0.39 is 0 Å². The van der Waals surface area contributed by atoms with Gasteiger partial charge in [0.05, 0.1) is 31.4 Å². The third-order valence-electron chi connectivity index (χ3n) is 8.59. The molecule has 230 valence electrons. The Morgan fingerprint density at radius 2 is 1.77 bits per heavy atom. The zero-order chi connectivity index (χ0) is 30.5. The van der Waals surface area contributed by atoms with Gasteiger partial charge in [0, 0.05) is 44.4 Å². The molecule has 1 unspecified atom stereocenters. The number of aliphatic hydroxyl groups is 1. The molecular weight excluding hydrogens is 568 g/mol. The maximum absolute atomic E-state index is 11.7. The lowest BCUT2D eigenvalue weighted by molar-refractivity contribution is -0.142. The molecule has 1 fully saturated rings. The van der Waals surface area contributed by atoms with Gasteiger partial charge in [-0.2, -0.15) is 0 Å². The van der Waals surface area contributed by atoms with Crippen LogP contribution in [-0.2, 0) is 29.1 Å². The van der Waals surface area contributed by atoms with Crippen LogP contribution < -0.4 is 9.47 Å². The van der Waals surface area contributed by atoms with Gasteiger partial charge in [-0.15, -0.1) is 0 Å². The predicted molar refractivity (Wildman–Crippen MR) is 167 cm³/mol. The van der Waals surface area contributed by atoms with Crippen molar-refractivity contribution in [1.82, 2.24) is 9.80 Å². The van der Waals surface area contributed by atoms with Crippen molar-refractivity contribution in [1.29, 1.82) is 0 Å². The quantitative estimate of drug-likeness (QED) is 0.225. The first kappa shape index (κ1) is 31.1. The third kappa shape index (κ3) is 7.27. The van der Waals surface area contributed by atoms with Gasteiger partial charge >= 0.3 is 5.97 Å². The summed E-state index contributed by atoms with van der Waals surface area (Å²) in [5, 5.41) is 21.0. The lowest BCUT2D eigenvalue weighted by atomic mass is 9.93. The van der Waals surface area contributed by atoms with Crippen LogP contribution in [0.3, 0.4) is 0 Å². The molecule has 1 atom stereocenters. The van der Waals surface area contributed by atoms with Crippen LogP contribution in [0.25, 0.3) is 11.1 Å². The standard InChI is InChI=1S/C34H41ClN2O6/c1-22-24(21-43-32-17-30(39)29-19-37(20-33(40)41-3)15-12-28(29)34(32)35)7-4-8-26(22)27-9-5-10-31(23(27)2)42-16-6-13-36-14-11-25(38)18-36/h4-5,7-10,17,25,38-39H,6,11-16,18-21H2,1-3H3. The van der Waals surface area contributed by atoms with Crippen molar-refractivity contribution in [3.8, 4) is 28.4 Å². The van der Waals surface area contributed by atoms with Gasteiger partial charge in [-0.1, -0.05) is 41.9 Å². The molecular formula is C34H41ClN2O6. The summed E-state index contributed by atoms with van der Waals surface area (Å²) in [4.78, 5) is 15.9. The fourth-order valence-electron chi connectivity index (χ4n) is 6.04. The molecule has 43 heavy (non-hydrogen) atoms. The molecule has 2 heterocycles. The number of ether oxygens (including phenoxy) is 3. The van der Waals surface area contributed by atoms with E-state index >= 15 is 0 Å². The molecule has 8 nitrogen and oxygen atoms in total. The monoisotopic (exact) mass is 608 g/mol. The van der Waals surface area contributed by atoms with Crippen LogP contribution in [-0.4, -0.2) is 78.5 Å². The Morgan fingerprint density at radius 3 is 2.51 bits per heavy atom. The average Bonchev–Trinajstić information content (AvgIpc) is 3.42. The van der Waals surface area contributed by atoms with Gasteiger partial charge in [0.25, 0.3) is 0 Å². The summed E-state index contributed by atoms with van der Waals surface area (Å²) in [6.07, 6.45) is 2.17. The number of carbonyl (C=O) groups is 1. The Hall–Kier alpha value is -3.30. The average molecular weight is 609 g/mol. The predicted octanol–water partition coefficient (Wildman–Crippen LogP) is 5.28. The number of aromatic hydroxyl groups is 1. The number of hydrogen-bond acceptors (Lipinski definition) is 8. The van der Waals surface area contributed by atoms with Crippen molar-refractivity contribution < 1.29 is 29.2 Å². The van der Waals surface area contributed by atoms with Crippen LogP contribution in [0.4, 0.5) is 0 Å². The summed E-state index contributed by atoms with van der Waals surface area (Å²) >= 11 is 6.77. The van der Waals surface area contributed by atoms with E-state index in [1.165, 1.54) is 7.11 Å². The normalized spacial score (nSPS) is 17.1. The number of methoxy groups -OCH3 is 1. The maximum atomic E-state index is 11.7. The molecule has 0 aromatic heterocycles. The molecule has 0 bridgehead atoms. The number of phenols is 1. The Labute approximate surface area is 258 Å². The minimum Gasteiger partial charge on any atom is -0.507 e. The number of nitrogens with zero attached hydrogens (tertiary/aromatic N) is 2. The number of likely N-dealkylation sites (tertiary alicyclic amines) is 1. The second-order valence-electron chi connectivity index (χ2n) is 11.5. The number of carbonyl (C=O) groups excluding carboxylic acids is 1. The molecule has 0 aliphatic carbocycles. The first-order valence-corrected chi connectivity index (χ1v) is 15.3. The summed E-state index contributed by atoms with van der Waals surface area (Å²) in [6.45, 7) is 8.96. The summed E-state index contributed by atoms with van der Waals surface area (Å²) in [5.74, 6) is 1.12. The summed E-state index contributed by atoms with van der Waals surface area (Å²) < 4.78 is 17.2. The summed E-state index contributed by atoms with van der Waals surface area (Å²) in [6, 6.07) is 13.9. The van der Waals surface area contributed by atoms with Gasteiger partial charge < -0.3 is 29.3 Å². The van der Waals surface area contributed by atoms with E-state index in [9.17, 15) is 15.0 Å². The molecule has 2 N–H and O–H groups in total. The molecule has 9 heteroatoms. The van der Waals surface area contributed by atoms with Crippen LogP contribution in [0.1, 0.15) is 40.7 Å².